The van der Waals surface area contributed by atoms with Crippen molar-refractivity contribution in [2.24, 2.45) is 0 Å². The molecule has 0 nitrogen and oxygen atoms in total. The van der Waals surface area contributed by atoms with Gasteiger partial charge in [-0.1, -0.05) is 42.1 Å². The molecule has 0 atom stereocenters. The van der Waals surface area contributed by atoms with Crippen LogP contribution in [0.15, 0.2) is 29.5 Å². The molecule has 61 valence electrons. The van der Waals surface area contributed by atoms with Crippen LogP contribution in [0.5, 0.6) is 0 Å². The number of rotatable bonds is 1. The SMILES string of the molecule is C[Si](Cl)C1=Cc2ccccc2C1. The van der Waals surface area contributed by atoms with Crippen LogP contribution in [-0.4, -0.2) is 8.11 Å². The van der Waals surface area contributed by atoms with Gasteiger partial charge in [-0.2, -0.15) is 11.1 Å². The quantitative estimate of drug-likeness (QED) is 0.475. The highest BCUT2D eigenvalue weighted by Gasteiger charge is 2.16. The lowest BCUT2D eigenvalue weighted by Gasteiger charge is -1.99. The Balaban J connectivity index is 2.35. The fraction of sp³-hybridized carbons (Fsp3) is 0.200. The first-order valence-electron chi connectivity index (χ1n) is 4.05. The van der Waals surface area contributed by atoms with E-state index in [1.54, 1.807) is 0 Å². The van der Waals surface area contributed by atoms with Crippen LogP contribution in [-0.2, 0) is 6.42 Å². The van der Waals surface area contributed by atoms with Crippen molar-refractivity contribution in [1.82, 2.24) is 0 Å². The lowest BCUT2D eigenvalue weighted by molar-refractivity contribution is 1.28. The molecule has 0 unspecified atom stereocenters. The van der Waals surface area contributed by atoms with E-state index >= 15 is 0 Å². The maximum Gasteiger partial charge on any atom is 0.192 e. The maximum absolute atomic E-state index is 6.11. The van der Waals surface area contributed by atoms with Crippen LogP contribution in [0.1, 0.15) is 11.1 Å². The summed E-state index contributed by atoms with van der Waals surface area (Å²) >= 11 is 6.11. The molecule has 1 aromatic rings. The van der Waals surface area contributed by atoms with Crippen LogP contribution >= 0.6 is 11.1 Å². The molecular formula is C10H10ClSi. The van der Waals surface area contributed by atoms with Crippen LogP contribution in [0.2, 0.25) is 6.55 Å². The van der Waals surface area contributed by atoms with Crippen LogP contribution < -0.4 is 0 Å². The molecule has 0 fully saturated rings. The van der Waals surface area contributed by atoms with Gasteiger partial charge in [0, 0.05) is 0 Å². The Labute approximate surface area is 79.2 Å². The summed E-state index contributed by atoms with van der Waals surface area (Å²) in [7, 11) is -0.745. The number of fused-ring (bicyclic) bond motifs is 1. The van der Waals surface area contributed by atoms with E-state index in [0.29, 0.717) is 0 Å². The van der Waals surface area contributed by atoms with E-state index in [2.05, 4.69) is 36.9 Å². The topological polar surface area (TPSA) is 0 Å². The van der Waals surface area contributed by atoms with Crippen molar-refractivity contribution in [1.29, 1.82) is 0 Å². The Morgan fingerprint density at radius 3 is 2.75 bits per heavy atom. The van der Waals surface area contributed by atoms with Gasteiger partial charge in [0.15, 0.2) is 8.11 Å². The molecule has 0 aliphatic heterocycles. The largest absolute Gasteiger partial charge is 0.192 e. The number of hydrogen-bond acceptors (Lipinski definition) is 0. The molecule has 12 heavy (non-hydrogen) atoms. The Hall–Kier alpha value is -0.533. The van der Waals surface area contributed by atoms with E-state index in [1.165, 1.54) is 16.3 Å². The Kier molecular flexibility index (Phi) is 2.07. The Morgan fingerprint density at radius 1 is 1.33 bits per heavy atom. The number of hydrogen-bond donors (Lipinski definition) is 0. The molecule has 1 aliphatic rings. The van der Waals surface area contributed by atoms with Gasteiger partial charge in [0.05, 0.1) is 0 Å². The smallest absolute Gasteiger partial charge is 0.163 e. The van der Waals surface area contributed by atoms with E-state index in [1.807, 2.05) is 0 Å². The highest BCUT2D eigenvalue weighted by Crippen LogP contribution is 2.26. The van der Waals surface area contributed by atoms with Gasteiger partial charge in [-0.15, -0.1) is 0 Å². The molecule has 0 heterocycles. The molecule has 1 radical (unpaired) electrons. The molecule has 0 N–H and O–H groups in total. The molecule has 0 saturated heterocycles. The van der Waals surface area contributed by atoms with Crippen molar-refractivity contribution < 1.29 is 0 Å². The van der Waals surface area contributed by atoms with Crippen LogP contribution in [0, 0.1) is 0 Å². The lowest BCUT2D eigenvalue weighted by Crippen LogP contribution is -2.01. The van der Waals surface area contributed by atoms with Gasteiger partial charge in [-0.25, -0.2) is 0 Å². The highest BCUT2D eigenvalue weighted by molar-refractivity contribution is 7.10. The van der Waals surface area contributed by atoms with Gasteiger partial charge in [-0.3, -0.25) is 0 Å². The fourth-order valence-electron chi connectivity index (χ4n) is 1.50. The van der Waals surface area contributed by atoms with Crippen molar-refractivity contribution in [3.8, 4) is 0 Å². The van der Waals surface area contributed by atoms with Crippen molar-refractivity contribution in [3.63, 3.8) is 0 Å². The molecule has 0 amide bonds. The second-order valence-corrected chi connectivity index (χ2v) is 6.49. The van der Waals surface area contributed by atoms with Crippen molar-refractivity contribution in [2.45, 2.75) is 13.0 Å². The Bertz CT molecular complexity index is 328. The first kappa shape index (κ1) is 8.08. The second-order valence-electron chi connectivity index (χ2n) is 3.08. The second kappa shape index (κ2) is 3.07. The molecule has 1 aromatic carbocycles. The summed E-state index contributed by atoms with van der Waals surface area (Å²) in [5, 5.41) is 1.43. The van der Waals surface area contributed by atoms with Crippen LogP contribution in [0.4, 0.5) is 0 Å². The standard InChI is InChI=1S/C10H10ClSi/c1-12(11)10-6-8-4-2-3-5-9(8)7-10/h2-6H,7H2,1H3. The predicted octanol–water partition coefficient (Wildman–Crippen LogP) is 3.03. The monoisotopic (exact) mass is 193 g/mol. The summed E-state index contributed by atoms with van der Waals surface area (Å²) in [6.45, 7) is 2.13. The van der Waals surface area contributed by atoms with E-state index in [-0.39, 0.29) is 0 Å². The maximum atomic E-state index is 6.11. The number of allylic oxidation sites excluding steroid dienone is 1. The summed E-state index contributed by atoms with van der Waals surface area (Å²) in [5.41, 5.74) is 2.79. The van der Waals surface area contributed by atoms with Crippen molar-refractivity contribution in [2.75, 3.05) is 0 Å². The first-order valence-corrected chi connectivity index (χ1v) is 7.06. The van der Waals surface area contributed by atoms with Gasteiger partial charge in [0.25, 0.3) is 0 Å². The normalized spacial score (nSPS) is 14.8. The van der Waals surface area contributed by atoms with Gasteiger partial charge in [0.2, 0.25) is 0 Å². The fourth-order valence-corrected chi connectivity index (χ4v) is 2.65. The lowest BCUT2D eigenvalue weighted by atomic mass is 10.1. The average molecular weight is 194 g/mol. The third kappa shape index (κ3) is 1.34. The summed E-state index contributed by atoms with van der Waals surface area (Å²) in [5.74, 6) is 0. The van der Waals surface area contributed by atoms with E-state index < -0.39 is 8.11 Å². The minimum atomic E-state index is -0.745. The molecule has 0 spiro atoms. The van der Waals surface area contributed by atoms with E-state index in [9.17, 15) is 0 Å². The summed E-state index contributed by atoms with van der Waals surface area (Å²) in [6.07, 6.45) is 3.32. The number of benzene rings is 1. The molecule has 1 aliphatic carbocycles. The zero-order chi connectivity index (χ0) is 8.55. The number of halogens is 1. The van der Waals surface area contributed by atoms with Gasteiger partial charge in [-0.05, 0) is 17.5 Å². The van der Waals surface area contributed by atoms with E-state index in [4.69, 9.17) is 11.1 Å². The minimum absolute atomic E-state index is 0.745. The van der Waals surface area contributed by atoms with Crippen molar-refractivity contribution >= 4 is 25.3 Å². The zero-order valence-corrected chi connectivity index (χ0v) is 8.73. The molecule has 0 aromatic heterocycles. The van der Waals surface area contributed by atoms with Crippen LogP contribution in [0.3, 0.4) is 0 Å². The summed E-state index contributed by atoms with van der Waals surface area (Å²) < 4.78 is 0. The van der Waals surface area contributed by atoms with E-state index in [0.717, 1.165) is 6.42 Å². The molecule has 2 rings (SSSR count). The highest BCUT2D eigenvalue weighted by atomic mass is 35.6. The van der Waals surface area contributed by atoms with Crippen LogP contribution in [0.25, 0.3) is 6.08 Å². The molecular weight excluding hydrogens is 184 g/mol. The first-order chi connectivity index (χ1) is 5.77. The molecule has 0 bridgehead atoms. The van der Waals surface area contributed by atoms with Crippen molar-refractivity contribution in [3.05, 3.63) is 40.6 Å². The zero-order valence-electron chi connectivity index (χ0n) is 6.97. The summed E-state index contributed by atoms with van der Waals surface area (Å²) in [6, 6.07) is 8.51. The summed E-state index contributed by atoms with van der Waals surface area (Å²) in [4.78, 5) is 0. The Morgan fingerprint density at radius 2 is 2.08 bits per heavy atom. The average Bonchev–Trinajstić information content (AvgIpc) is 2.46. The molecule has 2 heteroatoms. The van der Waals surface area contributed by atoms with Gasteiger partial charge in [0.1, 0.15) is 0 Å². The third-order valence-electron chi connectivity index (χ3n) is 2.21. The van der Waals surface area contributed by atoms with Gasteiger partial charge >= 0.3 is 0 Å². The van der Waals surface area contributed by atoms with Gasteiger partial charge < -0.3 is 0 Å². The molecule has 0 saturated carbocycles. The third-order valence-corrected chi connectivity index (χ3v) is 4.14. The minimum Gasteiger partial charge on any atom is -0.163 e. The predicted molar refractivity (Wildman–Crippen MR) is 55.6 cm³/mol.